The molecule has 2 aliphatic heterocycles. The molecule has 108 valence electrons. The molecule has 0 saturated carbocycles. The normalized spacial score (nSPS) is 25.8. The Balaban J connectivity index is 2.01. The van der Waals surface area contributed by atoms with Crippen molar-refractivity contribution in [2.45, 2.75) is 25.4 Å². The number of halogens is 1. The van der Waals surface area contributed by atoms with E-state index in [1.807, 2.05) is 0 Å². The lowest BCUT2D eigenvalue weighted by Crippen LogP contribution is -2.58. The number of ether oxygens (including phenoxy) is 1. The molecule has 1 aromatic rings. The average molecular weight is 280 g/mol. The van der Waals surface area contributed by atoms with E-state index in [1.54, 1.807) is 6.07 Å². The molecule has 20 heavy (non-hydrogen) atoms. The van der Waals surface area contributed by atoms with E-state index in [0.29, 0.717) is 31.7 Å². The molecule has 0 aromatic heterocycles. The van der Waals surface area contributed by atoms with Crippen LogP contribution in [0.4, 0.5) is 4.39 Å². The van der Waals surface area contributed by atoms with E-state index < -0.39 is 11.7 Å². The first-order valence-corrected chi connectivity index (χ1v) is 6.62. The number of hydrogen-bond donors (Lipinski definition) is 2. The van der Waals surface area contributed by atoms with E-state index >= 15 is 0 Å². The van der Waals surface area contributed by atoms with E-state index in [1.165, 1.54) is 11.5 Å². The Bertz CT molecular complexity index is 564. The highest BCUT2D eigenvalue weighted by Gasteiger charge is 2.40. The summed E-state index contributed by atoms with van der Waals surface area (Å²) in [5.74, 6) is -1.09. The zero-order chi connectivity index (χ0) is 14.3. The molecule has 6 heteroatoms. The van der Waals surface area contributed by atoms with Gasteiger partial charge >= 0.3 is 0 Å². The minimum absolute atomic E-state index is 0.139. The van der Waals surface area contributed by atoms with Crippen molar-refractivity contribution >= 4 is 5.91 Å². The van der Waals surface area contributed by atoms with E-state index in [-0.39, 0.29) is 11.1 Å². The van der Waals surface area contributed by atoms with Crippen molar-refractivity contribution in [2.75, 3.05) is 19.8 Å². The fourth-order valence-corrected chi connectivity index (χ4v) is 3.08. The summed E-state index contributed by atoms with van der Waals surface area (Å²) < 4.78 is 19.8. The zero-order valence-electron chi connectivity index (χ0n) is 11.3. The van der Waals surface area contributed by atoms with Crippen LogP contribution in [0.25, 0.3) is 0 Å². The number of rotatable bonds is 1. The van der Waals surface area contributed by atoms with Gasteiger partial charge in [-0.25, -0.2) is 9.87 Å². The first kappa shape index (κ1) is 13.5. The summed E-state index contributed by atoms with van der Waals surface area (Å²) in [5, 5.41) is 8.66. The van der Waals surface area contributed by atoms with E-state index in [9.17, 15) is 9.18 Å². The highest BCUT2D eigenvalue weighted by molar-refractivity contribution is 5.93. The molecule has 1 fully saturated rings. The number of carbonyl (C=O) groups is 1. The number of morpholine rings is 1. The number of carbonyl (C=O) groups excluding carboxylic acids is 1. The van der Waals surface area contributed by atoms with Gasteiger partial charge in [0.15, 0.2) is 0 Å². The van der Waals surface area contributed by atoms with Crippen LogP contribution in [-0.2, 0) is 17.7 Å². The maximum Gasteiger partial charge on any atom is 0.274 e. The van der Waals surface area contributed by atoms with Gasteiger partial charge in [0.1, 0.15) is 5.82 Å². The zero-order valence-corrected chi connectivity index (χ0v) is 11.3. The second-order valence-corrected chi connectivity index (χ2v) is 5.68. The van der Waals surface area contributed by atoms with Crippen LogP contribution < -0.4 is 5.48 Å². The van der Waals surface area contributed by atoms with Crippen molar-refractivity contribution in [3.8, 4) is 0 Å². The number of hydroxylamine groups is 1. The minimum Gasteiger partial charge on any atom is -0.378 e. The molecule has 5 nitrogen and oxygen atoms in total. The molecular weight excluding hydrogens is 263 g/mol. The van der Waals surface area contributed by atoms with Crippen LogP contribution in [0.5, 0.6) is 0 Å². The number of amides is 1. The smallest absolute Gasteiger partial charge is 0.274 e. The first-order valence-electron chi connectivity index (χ1n) is 6.62. The summed E-state index contributed by atoms with van der Waals surface area (Å²) in [4.78, 5) is 13.7. The van der Waals surface area contributed by atoms with E-state index in [0.717, 1.165) is 12.1 Å². The molecule has 1 aromatic carbocycles. The molecule has 2 heterocycles. The van der Waals surface area contributed by atoms with E-state index in [4.69, 9.17) is 9.94 Å². The lowest BCUT2D eigenvalue weighted by molar-refractivity contribution is -0.0704. The number of fused-ring (bicyclic) bond motifs is 2. The Kier molecular flexibility index (Phi) is 3.24. The molecular formula is C14H17FN2O3. The molecule has 0 aliphatic carbocycles. The molecule has 0 radical (unpaired) electrons. The standard InChI is InChI=1S/C14H17FN2O3/c1-14-6-11-10(7-17(14)2-3-20-8-14)4-9(5-12(11)15)13(18)16-19/h4-5,19H,2-3,6-8H2,1H3,(H,16,18). The summed E-state index contributed by atoms with van der Waals surface area (Å²) >= 11 is 0. The second-order valence-electron chi connectivity index (χ2n) is 5.68. The summed E-state index contributed by atoms with van der Waals surface area (Å²) in [6, 6.07) is 2.83. The lowest BCUT2D eigenvalue weighted by atomic mass is 9.83. The summed E-state index contributed by atoms with van der Waals surface area (Å²) in [6.45, 7) is 4.73. The third-order valence-corrected chi connectivity index (χ3v) is 4.25. The molecule has 0 bridgehead atoms. The first-order chi connectivity index (χ1) is 9.53. The van der Waals surface area contributed by atoms with Crippen molar-refractivity contribution in [1.29, 1.82) is 0 Å². The SMILES string of the molecule is CC12COCCN1Cc1cc(C(=O)NO)cc(F)c1C2. The predicted molar refractivity (Wildman–Crippen MR) is 69.0 cm³/mol. The van der Waals surface area contributed by atoms with Crippen LogP contribution in [0.3, 0.4) is 0 Å². The fourth-order valence-electron chi connectivity index (χ4n) is 3.08. The third kappa shape index (κ3) is 2.09. The van der Waals surface area contributed by atoms with Gasteiger partial charge in [0.2, 0.25) is 0 Å². The van der Waals surface area contributed by atoms with Crippen LogP contribution >= 0.6 is 0 Å². The average Bonchev–Trinajstić information content (AvgIpc) is 2.44. The maximum atomic E-state index is 14.2. The molecule has 1 unspecified atom stereocenters. The van der Waals surface area contributed by atoms with Crippen LogP contribution in [0.15, 0.2) is 12.1 Å². The van der Waals surface area contributed by atoms with Gasteiger partial charge in [-0.2, -0.15) is 0 Å². The van der Waals surface area contributed by atoms with Gasteiger partial charge < -0.3 is 4.74 Å². The van der Waals surface area contributed by atoms with Gasteiger partial charge in [-0.05, 0) is 36.6 Å². The molecule has 2 N–H and O–H groups in total. The van der Waals surface area contributed by atoms with Gasteiger partial charge in [-0.1, -0.05) is 0 Å². The molecule has 1 amide bonds. The van der Waals surface area contributed by atoms with Crippen molar-refractivity contribution in [3.63, 3.8) is 0 Å². The van der Waals surface area contributed by atoms with Crippen LogP contribution in [-0.4, -0.2) is 41.3 Å². The van der Waals surface area contributed by atoms with Gasteiger partial charge in [-0.3, -0.25) is 14.9 Å². The van der Waals surface area contributed by atoms with Gasteiger partial charge in [0, 0.05) is 24.2 Å². The summed E-state index contributed by atoms with van der Waals surface area (Å²) in [6.07, 6.45) is 0.565. The second kappa shape index (κ2) is 4.80. The monoisotopic (exact) mass is 280 g/mol. The summed E-state index contributed by atoms with van der Waals surface area (Å²) in [7, 11) is 0. The van der Waals surface area contributed by atoms with Gasteiger partial charge in [0.25, 0.3) is 5.91 Å². The van der Waals surface area contributed by atoms with Crippen molar-refractivity contribution in [2.24, 2.45) is 0 Å². The van der Waals surface area contributed by atoms with Crippen LogP contribution in [0.2, 0.25) is 0 Å². The highest BCUT2D eigenvalue weighted by Crippen LogP contribution is 2.34. The largest absolute Gasteiger partial charge is 0.378 e. The Labute approximate surface area is 116 Å². The Morgan fingerprint density at radius 2 is 2.35 bits per heavy atom. The quantitative estimate of drug-likeness (QED) is 0.597. The summed E-state index contributed by atoms with van der Waals surface area (Å²) in [5.41, 5.74) is 2.94. The van der Waals surface area contributed by atoms with Crippen LogP contribution in [0.1, 0.15) is 28.4 Å². The molecule has 1 saturated heterocycles. The Hall–Kier alpha value is -1.50. The lowest BCUT2D eigenvalue weighted by Gasteiger charge is -2.48. The highest BCUT2D eigenvalue weighted by atomic mass is 19.1. The van der Waals surface area contributed by atoms with Crippen molar-refractivity contribution in [3.05, 3.63) is 34.6 Å². The number of hydrogen-bond acceptors (Lipinski definition) is 4. The minimum atomic E-state index is -0.693. The number of benzene rings is 1. The van der Waals surface area contributed by atoms with Crippen molar-refractivity contribution < 1.29 is 19.1 Å². The van der Waals surface area contributed by atoms with Gasteiger partial charge in [-0.15, -0.1) is 0 Å². The predicted octanol–water partition coefficient (Wildman–Crippen LogP) is 1.09. The molecule has 3 rings (SSSR count). The molecule has 2 aliphatic rings. The Morgan fingerprint density at radius 1 is 1.55 bits per heavy atom. The number of nitrogens with one attached hydrogen (secondary N) is 1. The van der Waals surface area contributed by atoms with Gasteiger partial charge in [0.05, 0.1) is 13.2 Å². The fraction of sp³-hybridized carbons (Fsp3) is 0.500. The Morgan fingerprint density at radius 3 is 3.10 bits per heavy atom. The third-order valence-electron chi connectivity index (χ3n) is 4.25. The van der Waals surface area contributed by atoms with Crippen LogP contribution in [0, 0.1) is 5.82 Å². The molecule has 0 spiro atoms. The molecule has 1 atom stereocenters. The maximum absolute atomic E-state index is 14.2. The topological polar surface area (TPSA) is 61.8 Å². The number of nitrogens with zero attached hydrogens (tertiary/aromatic N) is 1. The van der Waals surface area contributed by atoms with E-state index in [2.05, 4.69) is 11.8 Å². The van der Waals surface area contributed by atoms with Crippen molar-refractivity contribution in [1.82, 2.24) is 10.4 Å².